The molecular formula is C9H13FO5. The highest BCUT2D eigenvalue weighted by atomic mass is 19.1. The van der Waals surface area contributed by atoms with Gasteiger partial charge in [0.15, 0.2) is 0 Å². The average molecular weight is 220 g/mol. The van der Waals surface area contributed by atoms with E-state index in [9.17, 15) is 18.8 Å². The second-order valence-corrected chi connectivity index (χ2v) is 4.14. The molecule has 0 heterocycles. The molecular weight excluding hydrogens is 207 g/mol. The van der Waals surface area contributed by atoms with Crippen molar-refractivity contribution in [3.63, 3.8) is 0 Å². The Morgan fingerprint density at radius 2 is 1.53 bits per heavy atom. The zero-order chi connectivity index (χ0) is 12.4. The summed E-state index contributed by atoms with van der Waals surface area (Å²) >= 11 is 0. The number of hydrogen-bond donors (Lipinski definition) is 1. The molecule has 6 heteroatoms. The van der Waals surface area contributed by atoms with Crippen LogP contribution in [0.2, 0.25) is 0 Å². The number of alkyl halides is 1. The van der Waals surface area contributed by atoms with Crippen molar-refractivity contribution in [3.8, 4) is 0 Å². The number of carboxylic acids is 1. The maximum Gasteiger partial charge on any atom is 0.379 e. The van der Waals surface area contributed by atoms with Crippen LogP contribution in [-0.4, -0.2) is 34.1 Å². The molecule has 15 heavy (non-hydrogen) atoms. The minimum Gasteiger partial charge on any atom is -0.479 e. The molecule has 0 aliphatic carbocycles. The van der Waals surface area contributed by atoms with Gasteiger partial charge in [0.25, 0.3) is 11.5 Å². The van der Waals surface area contributed by atoms with Crippen molar-refractivity contribution in [2.24, 2.45) is 0 Å². The minimum atomic E-state index is -3.25. The molecule has 0 aliphatic rings. The van der Waals surface area contributed by atoms with Gasteiger partial charge in [-0.2, -0.15) is 0 Å². The van der Waals surface area contributed by atoms with E-state index in [0.29, 0.717) is 6.92 Å². The largest absolute Gasteiger partial charge is 0.479 e. The van der Waals surface area contributed by atoms with Crippen molar-refractivity contribution < 1.29 is 28.6 Å². The average Bonchev–Trinajstić information content (AvgIpc) is 1.99. The van der Waals surface area contributed by atoms with Crippen LogP contribution in [0.15, 0.2) is 0 Å². The Kier molecular flexibility index (Phi) is 3.57. The van der Waals surface area contributed by atoms with E-state index in [1.54, 1.807) is 0 Å². The number of halogens is 1. The number of hydrogen-bond acceptors (Lipinski definition) is 4. The first kappa shape index (κ1) is 13.5. The third-order valence-electron chi connectivity index (χ3n) is 1.41. The second-order valence-electron chi connectivity index (χ2n) is 4.14. The van der Waals surface area contributed by atoms with E-state index in [2.05, 4.69) is 4.74 Å². The molecule has 0 aromatic rings. The summed E-state index contributed by atoms with van der Waals surface area (Å²) in [5.41, 5.74) is -4.22. The van der Waals surface area contributed by atoms with Crippen LogP contribution < -0.4 is 0 Å². The summed E-state index contributed by atoms with van der Waals surface area (Å²) < 4.78 is 17.7. The lowest BCUT2D eigenvalue weighted by atomic mass is 10.0. The van der Waals surface area contributed by atoms with Crippen LogP contribution in [-0.2, 0) is 19.1 Å². The number of carbonyl (C=O) groups is 3. The first-order valence-corrected chi connectivity index (χ1v) is 4.18. The van der Waals surface area contributed by atoms with E-state index in [1.165, 1.54) is 20.8 Å². The van der Waals surface area contributed by atoms with Crippen molar-refractivity contribution in [1.82, 2.24) is 0 Å². The van der Waals surface area contributed by atoms with Crippen molar-refractivity contribution in [3.05, 3.63) is 0 Å². The molecule has 0 rings (SSSR count). The van der Waals surface area contributed by atoms with Crippen LogP contribution in [0, 0.1) is 0 Å². The Hall–Kier alpha value is -1.46. The fourth-order valence-corrected chi connectivity index (χ4v) is 0.613. The first-order chi connectivity index (χ1) is 6.48. The molecule has 0 aromatic carbocycles. The molecule has 0 aliphatic heterocycles. The third kappa shape index (κ3) is 3.65. The van der Waals surface area contributed by atoms with Gasteiger partial charge in [-0.15, -0.1) is 0 Å². The van der Waals surface area contributed by atoms with Crippen LogP contribution in [0.4, 0.5) is 4.39 Å². The summed E-state index contributed by atoms with van der Waals surface area (Å²) in [7, 11) is 0. The van der Waals surface area contributed by atoms with E-state index < -0.39 is 29.0 Å². The molecule has 0 spiro atoms. The predicted molar refractivity (Wildman–Crippen MR) is 48.0 cm³/mol. The third-order valence-corrected chi connectivity index (χ3v) is 1.41. The van der Waals surface area contributed by atoms with E-state index >= 15 is 0 Å². The van der Waals surface area contributed by atoms with Gasteiger partial charge in [0, 0.05) is 0 Å². The number of carboxylic acid groups (broad SMARTS) is 1. The lowest BCUT2D eigenvalue weighted by Crippen LogP contribution is -2.45. The maximum absolute atomic E-state index is 13.2. The number of Topliss-reactive ketones (excluding diaryl/α,β-unsaturated/α-hetero) is 1. The fourth-order valence-electron chi connectivity index (χ4n) is 0.613. The van der Waals surface area contributed by atoms with Crippen LogP contribution >= 0.6 is 0 Å². The zero-order valence-corrected chi connectivity index (χ0v) is 8.96. The molecule has 0 saturated carbocycles. The quantitative estimate of drug-likeness (QED) is 0.430. The van der Waals surface area contributed by atoms with Crippen molar-refractivity contribution >= 4 is 17.7 Å². The molecule has 0 radical (unpaired) electrons. The highest BCUT2D eigenvalue weighted by Gasteiger charge is 2.47. The molecule has 1 atom stereocenters. The normalized spacial score (nSPS) is 15.3. The van der Waals surface area contributed by atoms with Crippen molar-refractivity contribution in [2.45, 2.75) is 39.0 Å². The summed E-state index contributed by atoms with van der Waals surface area (Å²) in [5.74, 6) is -5.22. The van der Waals surface area contributed by atoms with Gasteiger partial charge in [0.1, 0.15) is 5.60 Å². The lowest BCUT2D eigenvalue weighted by Gasteiger charge is -2.20. The molecule has 0 bridgehead atoms. The fraction of sp³-hybridized carbons (Fsp3) is 0.667. The van der Waals surface area contributed by atoms with Gasteiger partial charge in [-0.05, 0) is 27.7 Å². The number of ketones is 1. The number of rotatable bonds is 3. The standard InChI is InChI=1S/C9H13FO5/c1-8(2,3)15-6(12)5(11)9(4,10)7(13)14/h1-4H3,(H,13,14)/t9-/m1/s1. The van der Waals surface area contributed by atoms with Crippen LogP contribution in [0.5, 0.6) is 0 Å². The van der Waals surface area contributed by atoms with Gasteiger partial charge in [-0.3, -0.25) is 4.79 Å². The molecule has 86 valence electrons. The van der Waals surface area contributed by atoms with Crippen LogP contribution in [0.25, 0.3) is 0 Å². The highest BCUT2D eigenvalue weighted by molar-refractivity contribution is 6.41. The lowest BCUT2D eigenvalue weighted by molar-refractivity contribution is -0.172. The van der Waals surface area contributed by atoms with Gasteiger partial charge in [-0.1, -0.05) is 0 Å². The summed E-state index contributed by atoms with van der Waals surface area (Å²) in [5, 5.41) is 8.36. The van der Waals surface area contributed by atoms with Gasteiger partial charge < -0.3 is 9.84 Å². The Morgan fingerprint density at radius 3 is 1.80 bits per heavy atom. The van der Waals surface area contributed by atoms with Gasteiger partial charge >= 0.3 is 11.9 Å². The SMILES string of the molecule is CC(C)(C)OC(=O)C(=O)[C@@](C)(F)C(=O)O. The Labute approximate surface area is 86.2 Å². The number of esters is 1. The van der Waals surface area contributed by atoms with Gasteiger partial charge in [-0.25, -0.2) is 14.0 Å². The Bertz CT molecular complexity index is 300. The predicted octanol–water partition coefficient (Wildman–Crippen LogP) is 0.710. The maximum atomic E-state index is 13.2. The second kappa shape index (κ2) is 3.96. The summed E-state index contributed by atoms with van der Waals surface area (Å²) in [4.78, 5) is 32.4. The Balaban J connectivity index is 4.75. The number of aliphatic carboxylic acids is 1. The summed E-state index contributed by atoms with van der Waals surface area (Å²) in [6, 6.07) is 0. The van der Waals surface area contributed by atoms with Crippen LogP contribution in [0.1, 0.15) is 27.7 Å². The summed E-state index contributed by atoms with van der Waals surface area (Å²) in [6.07, 6.45) is 0. The first-order valence-electron chi connectivity index (χ1n) is 4.18. The van der Waals surface area contributed by atoms with E-state index in [-0.39, 0.29) is 0 Å². The van der Waals surface area contributed by atoms with E-state index in [0.717, 1.165) is 0 Å². The molecule has 0 fully saturated rings. The van der Waals surface area contributed by atoms with Crippen molar-refractivity contribution in [1.29, 1.82) is 0 Å². The molecule has 0 saturated heterocycles. The zero-order valence-electron chi connectivity index (χ0n) is 8.96. The monoisotopic (exact) mass is 220 g/mol. The molecule has 0 aromatic heterocycles. The molecule has 0 unspecified atom stereocenters. The molecule has 1 N–H and O–H groups in total. The smallest absolute Gasteiger partial charge is 0.379 e. The van der Waals surface area contributed by atoms with Gasteiger partial charge in [0.05, 0.1) is 0 Å². The summed E-state index contributed by atoms with van der Waals surface area (Å²) in [6.45, 7) is 4.94. The van der Waals surface area contributed by atoms with E-state index in [4.69, 9.17) is 5.11 Å². The Morgan fingerprint density at radius 1 is 1.13 bits per heavy atom. The van der Waals surface area contributed by atoms with E-state index in [1.807, 2.05) is 0 Å². The van der Waals surface area contributed by atoms with Crippen LogP contribution in [0.3, 0.4) is 0 Å². The van der Waals surface area contributed by atoms with Crippen molar-refractivity contribution in [2.75, 3.05) is 0 Å². The number of carbonyl (C=O) groups excluding carboxylic acids is 2. The molecule has 0 amide bonds. The topological polar surface area (TPSA) is 80.7 Å². The van der Waals surface area contributed by atoms with Gasteiger partial charge in [0.2, 0.25) is 0 Å². The molecule has 5 nitrogen and oxygen atoms in total. The highest BCUT2D eigenvalue weighted by Crippen LogP contribution is 2.15. The minimum absolute atomic E-state index is 0.502. The number of ether oxygens (including phenoxy) is 1.